The minimum atomic E-state index is 0.251. The van der Waals surface area contributed by atoms with Crippen LogP contribution in [0, 0.1) is 17.8 Å². The number of hydrogen-bond donors (Lipinski definition) is 0. The maximum Gasteiger partial charge on any atom is 0.226 e. The van der Waals surface area contributed by atoms with E-state index in [1.807, 2.05) is 24.4 Å². The van der Waals surface area contributed by atoms with E-state index in [0.717, 1.165) is 38.4 Å². The van der Waals surface area contributed by atoms with Crippen molar-refractivity contribution in [1.82, 2.24) is 9.88 Å². The Morgan fingerprint density at radius 2 is 1.95 bits per heavy atom. The summed E-state index contributed by atoms with van der Waals surface area (Å²) in [6.45, 7) is 3.43. The van der Waals surface area contributed by atoms with Gasteiger partial charge in [-0.25, -0.2) is 4.98 Å². The number of rotatable bonds is 2. The van der Waals surface area contributed by atoms with Crippen molar-refractivity contribution in [2.75, 3.05) is 31.1 Å². The highest BCUT2D eigenvalue weighted by molar-refractivity contribution is 5.80. The van der Waals surface area contributed by atoms with Gasteiger partial charge in [-0.3, -0.25) is 4.79 Å². The fourth-order valence-corrected chi connectivity index (χ4v) is 4.00. The number of carbonyl (C=O) groups is 1. The summed E-state index contributed by atoms with van der Waals surface area (Å²) >= 11 is 0. The highest BCUT2D eigenvalue weighted by Crippen LogP contribution is 2.44. The first-order valence-electron chi connectivity index (χ1n) is 7.94. The van der Waals surface area contributed by atoms with Crippen LogP contribution in [-0.2, 0) is 4.79 Å². The zero-order valence-electron chi connectivity index (χ0n) is 12.2. The predicted molar refractivity (Wildman–Crippen MR) is 81.9 cm³/mol. The molecule has 2 heterocycles. The third-order valence-corrected chi connectivity index (χ3v) is 5.16. The number of nitrogens with zero attached hydrogens (tertiary/aromatic N) is 3. The number of amides is 1. The van der Waals surface area contributed by atoms with Crippen LogP contribution in [0.4, 0.5) is 5.82 Å². The van der Waals surface area contributed by atoms with Gasteiger partial charge in [0.25, 0.3) is 0 Å². The highest BCUT2D eigenvalue weighted by atomic mass is 16.2. The molecule has 1 saturated carbocycles. The molecule has 2 fully saturated rings. The Morgan fingerprint density at radius 1 is 1.10 bits per heavy atom. The van der Waals surface area contributed by atoms with Gasteiger partial charge in [0.2, 0.25) is 5.91 Å². The van der Waals surface area contributed by atoms with Crippen molar-refractivity contribution in [3.05, 3.63) is 36.5 Å². The molecule has 4 heteroatoms. The second kappa shape index (κ2) is 5.17. The summed E-state index contributed by atoms with van der Waals surface area (Å²) in [6, 6.07) is 5.99. The SMILES string of the molecule is O=C(C1CC2C=CC1C2)N1CCN(c2ccccn2)CC1. The van der Waals surface area contributed by atoms with E-state index in [2.05, 4.69) is 26.9 Å². The second-order valence-corrected chi connectivity index (χ2v) is 6.39. The molecule has 1 amide bonds. The molecule has 0 radical (unpaired) electrons. The van der Waals surface area contributed by atoms with E-state index in [1.165, 1.54) is 6.42 Å². The van der Waals surface area contributed by atoms with E-state index in [9.17, 15) is 4.79 Å². The number of allylic oxidation sites excluding steroid dienone is 2. The molecule has 1 saturated heterocycles. The van der Waals surface area contributed by atoms with Gasteiger partial charge in [-0.15, -0.1) is 0 Å². The summed E-state index contributed by atoms with van der Waals surface area (Å²) in [4.78, 5) is 21.4. The number of aromatic nitrogens is 1. The maximum absolute atomic E-state index is 12.7. The molecule has 1 aromatic heterocycles. The summed E-state index contributed by atoms with van der Waals surface area (Å²) in [5.74, 6) is 2.83. The number of pyridine rings is 1. The molecule has 0 aromatic carbocycles. The van der Waals surface area contributed by atoms with Crippen LogP contribution < -0.4 is 4.90 Å². The fraction of sp³-hybridized carbons (Fsp3) is 0.529. The molecule has 0 spiro atoms. The molecule has 2 aliphatic carbocycles. The molecule has 3 atom stereocenters. The van der Waals surface area contributed by atoms with E-state index in [1.54, 1.807) is 0 Å². The lowest BCUT2D eigenvalue weighted by Gasteiger charge is -2.37. The minimum absolute atomic E-state index is 0.251. The Morgan fingerprint density at radius 3 is 2.57 bits per heavy atom. The van der Waals surface area contributed by atoms with Gasteiger partial charge in [0.05, 0.1) is 0 Å². The van der Waals surface area contributed by atoms with E-state index in [4.69, 9.17) is 0 Å². The molecule has 4 rings (SSSR count). The van der Waals surface area contributed by atoms with E-state index in [-0.39, 0.29) is 5.92 Å². The Labute approximate surface area is 125 Å². The zero-order chi connectivity index (χ0) is 14.2. The van der Waals surface area contributed by atoms with Crippen LogP contribution in [0.25, 0.3) is 0 Å². The monoisotopic (exact) mass is 283 g/mol. The summed E-state index contributed by atoms with van der Waals surface area (Å²) in [5, 5.41) is 0. The molecular formula is C17H21N3O. The number of anilines is 1. The van der Waals surface area contributed by atoms with Crippen LogP contribution in [0.2, 0.25) is 0 Å². The molecule has 3 aliphatic rings. The maximum atomic E-state index is 12.7. The van der Waals surface area contributed by atoms with Gasteiger partial charge >= 0.3 is 0 Å². The molecule has 110 valence electrons. The molecule has 2 bridgehead atoms. The molecule has 21 heavy (non-hydrogen) atoms. The second-order valence-electron chi connectivity index (χ2n) is 6.39. The van der Waals surface area contributed by atoms with Crippen LogP contribution >= 0.6 is 0 Å². The normalized spacial score (nSPS) is 31.0. The van der Waals surface area contributed by atoms with Crippen LogP contribution in [0.15, 0.2) is 36.5 Å². The van der Waals surface area contributed by atoms with Crippen molar-refractivity contribution in [2.45, 2.75) is 12.8 Å². The largest absolute Gasteiger partial charge is 0.353 e. The van der Waals surface area contributed by atoms with E-state index < -0.39 is 0 Å². The summed E-state index contributed by atoms with van der Waals surface area (Å²) < 4.78 is 0. The molecular weight excluding hydrogens is 262 g/mol. The van der Waals surface area contributed by atoms with Crippen LogP contribution in [0.5, 0.6) is 0 Å². The van der Waals surface area contributed by atoms with Crippen molar-refractivity contribution in [2.24, 2.45) is 17.8 Å². The summed E-state index contributed by atoms with van der Waals surface area (Å²) in [5.41, 5.74) is 0. The van der Waals surface area contributed by atoms with Crippen LogP contribution in [0.3, 0.4) is 0 Å². The smallest absolute Gasteiger partial charge is 0.226 e. The molecule has 1 aromatic rings. The van der Waals surface area contributed by atoms with Gasteiger partial charge in [0.1, 0.15) is 5.82 Å². The number of carbonyl (C=O) groups excluding carboxylic acids is 1. The standard InChI is InChI=1S/C17H21N3O/c21-17(15-12-13-4-5-14(15)11-13)20-9-7-19(8-10-20)16-3-1-2-6-18-16/h1-6,13-15H,7-12H2. The van der Waals surface area contributed by atoms with E-state index >= 15 is 0 Å². The molecule has 3 unspecified atom stereocenters. The van der Waals surface area contributed by atoms with Crippen molar-refractivity contribution in [1.29, 1.82) is 0 Å². The van der Waals surface area contributed by atoms with Crippen LogP contribution in [-0.4, -0.2) is 42.0 Å². The molecule has 0 N–H and O–H groups in total. The van der Waals surface area contributed by atoms with Gasteiger partial charge < -0.3 is 9.80 Å². The lowest BCUT2D eigenvalue weighted by atomic mass is 9.92. The van der Waals surface area contributed by atoms with Crippen molar-refractivity contribution >= 4 is 11.7 Å². The van der Waals surface area contributed by atoms with Gasteiger partial charge in [-0.05, 0) is 36.8 Å². The third kappa shape index (κ3) is 2.33. The average molecular weight is 283 g/mol. The zero-order valence-corrected chi connectivity index (χ0v) is 12.2. The van der Waals surface area contributed by atoms with E-state index in [0.29, 0.717) is 17.7 Å². The first-order valence-corrected chi connectivity index (χ1v) is 7.94. The number of fused-ring (bicyclic) bond motifs is 2. The van der Waals surface area contributed by atoms with Gasteiger partial charge in [-0.2, -0.15) is 0 Å². The fourth-order valence-electron chi connectivity index (χ4n) is 4.00. The third-order valence-electron chi connectivity index (χ3n) is 5.16. The van der Waals surface area contributed by atoms with Crippen molar-refractivity contribution in [3.63, 3.8) is 0 Å². The Hall–Kier alpha value is -1.84. The highest BCUT2D eigenvalue weighted by Gasteiger charge is 2.41. The van der Waals surface area contributed by atoms with Crippen molar-refractivity contribution < 1.29 is 4.79 Å². The minimum Gasteiger partial charge on any atom is -0.353 e. The van der Waals surface area contributed by atoms with Crippen molar-refractivity contribution in [3.8, 4) is 0 Å². The quantitative estimate of drug-likeness (QED) is 0.778. The van der Waals surface area contributed by atoms with Gasteiger partial charge in [0, 0.05) is 38.3 Å². The predicted octanol–water partition coefficient (Wildman–Crippen LogP) is 1.94. The number of piperazine rings is 1. The first kappa shape index (κ1) is 12.9. The molecule has 4 nitrogen and oxygen atoms in total. The Balaban J connectivity index is 1.37. The Kier molecular flexibility index (Phi) is 3.17. The van der Waals surface area contributed by atoms with Crippen LogP contribution in [0.1, 0.15) is 12.8 Å². The Bertz CT molecular complexity index is 548. The lowest BCUT2D eigenvalue weighted by molar-refractivity contribution is -0.136. The summed E-state index contributed by atoms with van der Waals surface area (Å²) in [6.07, 6.45) is 8.66. The van der Waals surface area contributed by atoms with Gasteiger partial charge in [-0.1, -0.05) is 18.2 Å². The molecule has 1 aliphatic heterocycles. The summed E-state index contributed by atoms with van der Waals surface area (Å²) in [7, 11) is 0. The first-order chi connectivity index (χ1) is 10.3. The van der Waals surface area contributed by atoms with Gasteiger partial charge in [0.15, 0.2) is 0 Å². The topological polar surface area (TPSA) is 36.4 Å². The average Bonchev–Trinajstić information content (AvgIpc) is 3.18. The number of hydrogen-bond acceptors (Lipinski definition) is 3. The lowest BCUT2D eigenvalue weighted by Crippen LogP contribution is -2.51.